The minimum atomic E-state index is -0.366. The Kier molecular flexibility index (Phi) is 2.70. The Morgan fingerprint density at radius 3 is 2.92 bits per heavy atom. The molecule has 0 saturated carbocycles. The molecule has 12 heavy (non-hydrogen) atoms. The molecular formula is C8H10N2O2. The summed E-state index contributed by atoms with van der Waals surface area (Å²) in [6, 6.07) is 1.84. The molecule has 0 aromatic heterocycles. The van der Waals surface area contributed by atoms with Crippen molar-refractivity contribution in [2.45, 2.75) is 12.8 Å². The summed E-state index contributed by atoms with van der Waals surface area (Å²) in [7, 11) is 1.50. The first-order valence-corrected chi connectivity index (χ1v) is 3.77. The van der Waals surface area contributed by atoms with E-state index in [4.69, 9.17) is 10.00 Å². The van der Waals surface area contributed by atoms with E-state index >= 15 is 0 Å². The Balaban J connectivity index is 2.86. The molecular weight excluding hydrogens is 156 g/mol. The van der Waals surface area contributed by atoms with Gasteiger partial charge >= 0.3 is 0 Å². The maximum absolute atomic E-state index is 11.1. The number of amides is 1. The first-order valence-electron chi connectivity index (χ1n) is 3.77. The van der Waals surface area contributed by atoms with Crippen molar-refractivity contribution >= 4 is 5.91 Å². The molecule has 4 nitrogen and oxygen atoms in total. The summed E-state index contributed by atoms with van der Waals surface area (Å²) in [4.78, 5) is 11.1. The van der Waals surface area contributed by atoms with Gasteiger partial charge in [-0.25, -0.2) is 0 Å². The Hall–Kier alpha value is -1.50. The zero-order chi connectivity index (χ0) is 8.97. The van der Waals surface area contributed by atoms with Crippen LogP contribution in [0.2, 0.25) is 0 Å². The summed E-state index contributed by atoms with van der Waals surface area (Å²) in [6.07, 6.45) is 1.58. The molecule has 1 fully saturated rings. The lowest BCUT2D eigenvalue weighted by Gasteiger charge is -2.01. The summed E-state index contributed by atoms with van der Waals surface area (Å²) in [5, 5.41) is 11.0. The predicted octanol–water partition coefficient (Wildman–Crippen LogP) is 0.320. The molecule has 1 amide bonds. The highest BCUT2D eigenvalue weighted by molar-refractivity contribution is 5.97. The van der Waals surface area contributed by atoms with Crippen molar-refractivity contribution in [1.82, 2.24) is 5.32 Å². The van der Waals surface area contributed by atoms with Gasteiger partial charge in [0.05, 0.1) is 6.61 Å². The predicted molar refractivity (Wildman–Crippen MR) is 41.9 cm³/mol. The Labute approximate surface area is 70.8 Å². The van der Waals surface area contributed by atoms with Crippen molar-refractivity contribution in [3.05, 3.63) is 11.3 Å². The number of carbonyl (C=O) groups is 1. The highest BCUT2D eigenvalue weighted by atomic mass is 16.5. The topological polar surface area (TPSA) is 62.1 Å². The molecule has 0 aliphatic carbocycles. The molecule has 1 aliphatic heterocycles. The van der Waals surface area contributed by atoms with E-state index in [0.29, 0.717) is 18.8 Å². The fourth-order valence-corrected chi connectivity index (χ4v) is 1.06. The maximum atomic E-state index is 11.1. The molecule has 1 saturated heterocycles. The monoisotopic (exact) mass is 166 g/mol. The molecule has 0 spiro atoms. The number of carbonyl (C=O) groups excluding carboxylic acids is 1. The van der Waals surface area contributed by atoms with Crippen LogP contribution in [0.3, 0.4) is 0 Å². The average molecular weight is 166 g/mol. The first-order chi connectivity index (χ1) is 5.79. The third kappa shape index (κ3) is 1.56. The van der Waals surface area contributed by atoms with E-state index in [1.54, 1.807) is 0 Å². The van der Waals surface area contributed by atoms with Gasteiger partial charge in [0.25, 0.3) is 5.91 Å². The van der Waals surface area contributed by atoms with E-state index < -0.39 is 0 Å². The second-order valence-corrected chi connectivity index (χ2v) is 2.44. The Morgan fingerprint density at radius 2 is 2.50 bits per heavy atom. The lowest BCUT2D eigenvalue weighted by Crippen LogP contribution is -2.20. The maximum Gasteiger partial charge on any atom is 0.265 e. The molecule has 0 aromatic carbocycles. The molecule has 0 atom stereocenters. The second-order valence-electron chi connectivity index (χ2n) is 2.44. The Bertz CT molecular complexity index is 255. The van der Waals surface area contributed by atoms with Crippen LogP contribution >= 0.6 is 0 Å². The van der Waals surface area contributed by atoms with Crippen LogP contribution in [0.25, 0.3) is 0 Å². The third-order valence-electron chi connectivity index (χ3n) is 1.67. The van der Waals surface area contributed by atoms with Crippen LogP contribution in [0, 0.1) is 11.3 Å². The van der Waals surface area contributed by atoms with Crippen LogP contribution in [-0.2, 0) is 9.53 Å². The van der Waals surface area contributed by atoms with Gasteiger partial charge in [0.2, 0.25) is 0 Å². The molecule has 1 N–H and O–H groups in total. The Morgan fingerprint density at radius 1 is 1.75 bits per heavy atom. The van der Waals surface area contributed by atoms with Crippen LogP contribution in [0.5, 0.6) is 0 Å². The molecule has 0 aromatic rings. The molecule has 1 rings (SSSR count). The number of nitrogens with zero attached hydrogens (tertiary/aromatic N) is 1. The first kappa shape index (κ1) is 8.60. The summed E-state index contributed by atoms with van der Waals surface area (Å²) in [5.41, 5.74) is 0.106. The second kappa shape index (κ2) is 3.77. The summed E-state index contributed by atoms with van der Waals surface area (Å²) in [6.45, 7) is 0.609. The minimum absolute atomic E-state index is 0.106. The quantitative estimate of drug-likeness (QED) is 0.450. The van der Waals surface area contributed by atoms with Gasteiger partial charge in [0.1, 0.15) is 11.8 Å². The average Bonchev–Trinajstić information content (AvgIpc) is 2.58. The molecule has 4 heteroatoms. The molecule has 0 radical (unpaired) electrons. The van der Waals surface area contributed by atoms with Gasteiger partial charge in [-0.2, -0.15) is 5.26 Å². The van der Waals surface area contributed by atoms with Crippen molar-refractivity contribution in [3.63, 3.8) is 0 Å². The van der Waals surface area contributed by atoms with Crippen LogP contribution in [0.4, 0.5) is 0 Å². The minimum Gasteiger partial charge on any atom is -0.496 e. The number of hydrogen-bond donors (Lipinski definition) is 1. The van der Waals surface area contributed by atoms with Crippen LogP contribution in [-0.4, -0.2) is 19.6 Å². The smallest absolute Gasteiger partial charge is 0.265 e. The normalized spacial score (nSPS) is 19.3. The van der Waals surface area contributed by atoms with E-state index in [-0.39, 0.29) is 11.5 Å². The number of allylic oxidation sites excluding steroid dienone is 1. The van der Waals surface area contributed by atoms with Gasteiger partial charge in [-0.1, -0.05) is 0 Å². The fraction of sp³-hybridized carbons (Fsp3) is 0.500. The van der Waals surface area contributed by atoms with E-state index in [9.17, 15) is 4.79 Å². The molecule has 1 heterocycles. The number of ether oxygens (including phenoxy) is 1. The molecule has 1 aliphatic rings. The molecule has 0 bridgehead atoms. The van der Waals surface area contributed by atoms with Crippen molar-refractivity contribution in [3.8, 4) is 6.07 Å². The van der Waals surface area contributed by atoms with E-state index in [1.165, 1.54) is 7.05 Å². The van der Waals surface area contributed by atoms with Gasteiger partial charge in [0.15, 0.2) is 5.57 Å². The van der Waals surface area contributed by atoms with Gasteiger partial charge < -0.3 is 10.1 Å². The van der Waals surface area contributed by atoms with Crippen molar-refractivity contribution < 1.29 is 9.53 Å². The number of likely N-dealkylation sites (N-methyl/N-ethyl adjacent to an activating group) is 1. The van der Waals surface area contributed by atoms with E-state index in [0.717, 1.165) is 6.42 Å². The van der Waals surface area contributed by atoms with Gasteiger partial charge in [-0.05, 0) is 6.42 Å². The van der Waals surface area contributed by atoms with Crippen molar-refractivity contribution in [1.29, 1.82) is 5.26 Å². The summed E-state index contributed by atoms with van der Waals surface area (Å²) in [5.74, 6) is 0.159. The van der Waals surface area contributed by atoms with Crippen molar-refractivity contribution in [2.75, 3.05) is 13.7 Å². The lowest BCUT2D eigenvalue weighted by molar-refractivity contribution is -0.116. The largest absolute Gasteiger partial charge is 0.496 e. The van der Waals surface area contributed by atoms with Crippen LogP contribution in [0.15, 0.2) is 11.3 Å². The number of hydrogen-bond acceptors (Lipinski definition) is 3. The highest BCUT2D eigenvalue weighted by Gasteiger charge is 2.18. The van der Waals surface area contributed by atoms with Gasteiger partial charge in [-0.15, -0.1) is 0 Å². The van der Waals surface area contributed by atoms with E-state index in [1.807, 2.05) is 6.07 Å². The van der Waals surface area contributed by atoms with E-state index in [2.05, 4.69) is 5.32 Å². The number of nitrogens with one attached hydrogen (secondary N) is 1. The van der Waals surface area contributed by atoms with Gasteiger partial charge in [-0.3, -0.25) is 4.79 Å². The number of rotatable bonds is 1. The SMILES string of the molecule is CNC(=O)/C(C#N)=C1/CCCO1. The third-order valence-corrected chi connectivity index (χ3v) is 1.67. The molecule has 0 unspecified atom stereocenters. The zero-order valence-corrected chi connectivity index (χ0v) is 6.89. The standard InChI is InChI=1S/C8H10N2O2/c1-10-8(11)6(5-9)7-3-2-4-12-7/h2-4H2,1H3,(H,10,11)/b7-6-. The molecule has 64 valence electrons. The summed E-state index contributed by atoms with van der Waals surface area (Å²) >= 11 is 0. The van der Waals surface area contributed by atoms with Gasteiger partial charge in [0, 0.05) is 13.5 Å². The highest BCUT2D eigenvalue weighted by Crippen LogP contribution is 2.19. The van der Waals surface area contributed by atoms with Crippen molar-refractivity contribution in [2.24, 2.45) is 0 Å². The number of nitriles is 1. The fourth-order valence-electron chi connectivity index (χ4n) is 1.06. The summed E-state index contributed by atoms with van der Waals surface area (Å²) < 4.78 is 5.13. The lowest BCUT2D eigenvalue weighted by atomic mass is 10.2. The van der Waals surface area contributed by atoms with Crippen LogP contribution in [0.1, 0.15) is 12.8 Å². The van der Waals surface area contributed by atoms with Crippen LogP contribution < -0.4 is 5.32 Å². The zero-order valence-electron chi connectivity index (χ0n) is 6.89.